The average Bonchev–Trinajstić information content (AvgIpc) is 2.38. The maximum atomic E-state index is 11.0. The normalized spacial score (nSPS) is 17.8. The van der Waals surface area contributed by atoms with Gasteiger partial charge >= 0.3 is 5.97 Å². The number of nitrogens with one attached hydrogen (secondary N) is 1. The highest BCUT2D eigenvalue weighted by Gasteiger charge is 2.26. The molecular weight excluding hydrogens is 250 g/mol. The van der Waals surface area contributed by atoms with E-state index in [-0.39, 0.29) is 24.7 Å². The SMILES string of the molecule is Cl.O=C(O)CC(c1ccccc1)C1CCNCC1. The van der Waals surface area contributed by atoms with Crippen LogP contribution in [0.3, 0.4) is 0 Å². The van der Waals surface area contributed by atoms with Gasteiger partial charge in [-0.3, -0.25) is 4.79 Å². The summed E-state index contributed by atoms with van der Waals surface area (Å²) in [5.41, 5.74) is 1.17. The van der Waals surface area contributed by atoms with Crippen molar-refractivity contribution < 1.29 is 9.90 Å². The summed E-state index contributed by atoms with van der Waals surface area (Å²) in [6.07, 6.45) is 2.40. The lowest BCUT2D eigenvalue weighted by molar-refractivity contribution is -0.137. The monoisotopic (exact) mass is 269 g/mol. The van der Waals surface area contributed by atoms with Gasteiger partial charge in [-0.2, -0.15) is 0 Å². The fraction of sp³-hybridized carbons (Fsp3) is 0.500. The van der Waals surface area contributed by atoms with E-state index in [0.717, 1.165) is 25.9 Å². The maximum Gasteiger partial charge on any atom is 0.303 e. The molecule has 1 heterocycles. The van der Waals surface area contributed by atoms with E-state index in [4.69, 9.17) is 5.11 Å². The molecule has 1 aromatic rings. The molecule has 0 aliphatic carbocycles. The van der Waals surface area contributed by atoms with Crippen LogP contribution in [-0.4, -0.2) is 24.2 Å². The van der Waals surface area contributed by atoms with Crippen molar-refractivity contribution in [3.8, 4) is 0 Å². The Morgan fingerprint density at radius 1 is 1.28 bits per heavy atom. The van der Waals surface area contributed by atoms with Gasteiger partial charge in [-0.15, -0.1) is 12.4 Å². The third-order valence-corrected chi connectivity index (χ3v) is 3.58. The van der Waals surface area contributed by atoms with Gasteiger partial charge < -0.3 is 10.4 Å². The molecule has 1 saturated heterocycles. The minimum atomic E-state index is -0.697. The second kappa shape index (κ2) is 7.39. The summed E-state index contributed by atoms with van der Waals surface area (Å²) in [5, 5.41) is 12.4. The quantitative estimate of drug-likeness (QED) is 0.884. The van der Waals surface area contributed by atoms with Crippen molar-refractivity contribution in [2.45, 2.75) is 25.2 Å². The van der Waals surface area contributed by atoms with Gasteiger partial charge in [0.1, 0.15) is 0 Å². The van der Waals surface area contributed by atoms with E-state index >= 15 is 0 Å². The smallest absolute Gasteiger partial charge is 0.303 e. The number of carboxylic acids is 1. The van der Waals surface area contributed by atoms with Crippen molar-refractivity contribution in [2.24, 2.45) is 5.92 Å². The van der Waals surface area contributed by atoms with Crippen LogP contribution in [0.25, 0.3) is 0 Å². The van der Waals surface area contributed by atoms with Crippen LogP contribution in [0.1, 0.15) is 30.7 Å². The molecule has 0 aromatic heterocycles. The molecule has 1 unspecified atom stereocenters. The standard InChI is InChI=1S/C14H19NO2.ClH/c16-14(17)10-13(11-4-2-1-3-5-11)12-6-8-15-9-7-12;/h1-5,12-13,15H,6-10H2,(H,16,17);1H. The minimum Gasteiger partial charge on any atom is -0.481 e. The van der Waals surface area contributed by atoms with Gasteiger partial charge in [0.25, 0.3) is 0 Å². The van der Waals surface area contributed by atoms with E-state index in [1.807, 2.05) is 18.2 Å². The summed E-state index contributed by atoms with van der Waals surface area (Å²) in [5.74, 6) is -0.0389. The van der Waals surface area contributed by atoms with Crippen LogP contribution >= 0.6 is 12.4 Å². The summed E-state index contributed by atoms with van der Waals surface area (Å²) in [6.45, 7) is 2.02. The van der Waals surface area contributed by atoms with Crippen LogP contribution in [-0.2, 0) is 4.79 Å². The average molecular weight is 270 g/mol. The first-order valence-electron chi connectivity index (χ1n) is 6.25. The molecule has 0 saturated carbocycles. The molecule has 100 valence electrons. The highest BCUT2D eigenvalue weighted by Crippen LogP contribution is 2.33. The van der Waals surface area contributed by atoms with Gasteiger partial charge in [-0.1, -0.05) is 30.3 Å². The van der Waals surface area contributed by atoms with Crippen molar-refractivity contribution >= 4 is 18.4 Å². The topological polar surface area (TPSA) is 49.3 Å². The van der Waals surface area contributed by atoms with E-state index in [2.05, 4.69) is 17.4 Å². The zero-order valence-electron chi connectivity index (χ0n) is 10.3. The van der Waals surface area contributed by atoms with Crippen LogP contribution in [0.2, 0.25) is 0 Å². The number of halogens is 1. The molecule has 1 aliphatic heterocycles. The summed E-state index contributed by atoms with van der Waals surface area (Å²) in [6, 6.07) is 10.1. The lowest BCUT2D eigenvalue weighted by Gasteiger charge is -2.30. The second-order valence-corrected chi connectivity index (χ2v) is 4.70. The Kier molecular flexibility index (Phi) is 6.16. The maximum absolute atomic E-state index is 11.0. The van der Waals surface area contributed by atoms with Gasteiger partial charge in [0, 0.05) is 0 Å². The van der Waals surface area contributed by atoms with E-state index in [1.54, 1.807) is 0 Å². The lowest BCUT2D eigenvalue weighted by Crippen LogP contribution is -2.31. The van der Waals surface area contributed by atoms with Crippen molar-refractivity contribution in [3.05, 3.63) is 35.9 Å². The van der Waals surface area contributed by atoms with Crippen LogP contribution < -0.4 is 5.32 Å². The first kappa shape index (κ1) is 15.0. The molecule has 3 nitrogen and oxygen atoms in total. The number of piperidine rings is 1. The molecule has 0 bridgehead atoms. The molecule has 18 heavy (non-hydrogen) atoms. The summed E-state index contributed by atoms with van der Waals surface area (Å²) in [7, 11) is 0. The molecule has 0 amide bonds. The Morgan fingerprint density at radius 3 is 2.44 bits per heavy atom. The third-order valence-electron chi connectivity index (χ3n) is 3.58. The second-order valence-electron chi connectivity index (χ2n) is 4.70. The van der Waals surface area contributed by atoms with E-state index in [1.165, 1.54) is 5.56 Å². The zero-order valence-corrected chi connectivity index (χ0v) is 11.2. The van der Waals surface area contributed by atoms with E-state index in [9.17, 15) is 4.79 Å². The van der Waals surface area contributed by atoms with Crippen molar-refractivity contribution in [1.82, 2.24) is 5.32 Å². The van der Waals surface area contributed by atoms with Crippen LogP contribution in [0, 0.1) is 5.92 Å². The van der Waals surface area contributed by atoms with Crippen molar-refractivity contribution in [1.29, 1.82) is 0 Å². The summed E-state index contributed by atoms with van der Waals surface area (Å²) in [4.78, 5) is 11.0. The Bertz CT molecular complexity index is 363. The molecule has 1 aliphatic rings. The van der Waals surface area contributed by atoms with E-state index in [0.29, 0.717) is 5.92 Å². The molecule has 4 heteroatoms. The number of hydrogen-bond donors (Lipinski definition) is 2. The third kappa shape index (κ3) is 4.00. The minimum absolute atomic E-state index is 0. The predicted octanol–water partition coefficient (Wildman–Crippen LogP) is 2.67. The fourth-order valence-electron chi connectivity index (χ4n) is 2.69. The van der Waals surface area contributed by atoms with Crippen LogP contribution in [0.5, 0.6) is 0 Å². The van der Waals surface area contributed by atoms with Crippen molar-refractivity contribution in [3.63, 3.8) is 0 Å². The molecule has 1 atom stereocenters. The molecule has 0 spiro atoms. The first-order valence-corrected chi connectivity index (χ1v) is 6.25. The molecule has 0 radical (unpaired) electrons. The number of hydrogen-bond acceptors (Lipinski definition) is 2. The first-order chi connectivity index (χ1) is 8.27. The number of rotatable bonds is 4. The predicted molar refractivity (Wildman–Crippen MR) is 74.3 cm³/mol. The Morgan fingerprint density at radius 2 is 1.89 bits per heavy atom. The molecule has 1 aromatic carbocycles. The van der Waals surface area contributed by atoms with E-state index < -0.39 is 5.97 Å². The number of benzene rings is 1. The number of aliphatic carboxylic acids is 1. The fourth-order valence-corrected chi connectivity index (χ4v) is 2.69. The highest BCUT2D eigenvalue weighted by molar-refractivity contribution is 5.85. The van der Waals surface area contributed by atoms with Crippen LogP contribution in [0.4, 0.5) is 0 Å². The number of carbonyl (C=O) groups is 1. The summed E-state index contributed by atoms with van der Waals surface area (Å²) >= 11 is 0. The van der Waals surface area contributed by atoms with Gasteiger partial charge in [-0.05, 0) is 43.3 Å². The molecule has 1 fully saturated rings. The molecular formula is C14H20ClNO2. The Balaban J connectivity index is 0.00000162. The molecule has 2 N–H and O–H groups in total. The lowest BCUT2D eigenvalue weighted by atomic mass is 9.78. The Labute approximate surface area is 114 Å². The van der Waals surface area contributed by atoms with Crippen molar-refractivity contribution in [2.75, 3.05) is 13.1 Å². The largest absolute Gasteiger partial charge is 0.481 e. The summed E-state index contributed by atoms with van der Waals surface area (Å²) < 4.78 is 0. The van der Waals surface area contributed by atoms with Crippen LogP contribution in [0.15, 0.2) is 30.3 Å². The highest BCUT2D eigenvalue weighted by atomic mass is 35.5. The van der Waals surface area contributed by atoms with Gasteiger partial charge in [0.15, 0.2) is 0 Å². The zero-order chi connectivity index (χ0) is 12.1. The van der Waals surface area contributed by atoms with Gasteiger partial charge in [0.05, 0.1) is 6.42 Å². The van der Waals surface area contributed by atoms with Gasteiger partial charge in [-0.25, -0.2) is 0 Å². The van der Waals surface area contributed by atoms with Gasteiger partial charge in [0.2, 0.25) is 0 Å². The molecule has 2 rings (SSSR count). The number of carboxylic acid groups (broad SMARTS) is 1. The Hall–Kier alpha value is -1.06.